The molecule has 4 atom stereocenters. The third kappa shape index (κ3) is 45.0. The molecule has 1 saturated heterocycles. The molecule has 0 bridgehead atoms. The van der Waals surface area contributed by atoms with Crippen molar-refractivity contribution in [2.24, 2.45) is 23.5 Å². The van der Waals surface area contributed by atoms with E-state index in [1.165, 1.54) is 118 Å². The van der Waals surface area contributed by atoms with E-state index in [1.54, 1.807) is 12.1 Å². The molecule has 1 aliphatic rings. The second-order valence-corrected chi connectivity index (χ2v) is 22.9. The molecule has 1 fully saturated rings. The Balaban J connectivity index is 0.00000173. The van der Waals surface area contributed by atoms with Crippen LogP contribution in [0.1, 0.15) is 173 Å². The molecular formula is C58H98KN5O14S2. The predicted molar refractivity (Wildman–Crippen MR) is 312 cm³/mol. The molecule has 0 saturated carbocycles. The maximum atomic E-state index is 13.6. The standard InChI is InChI=1S/C33H49N4O10S2.C25H49NO4.K/c1-45-18-31(42)37-10-11-46-12-13-47-19-32(43)36-9-3-2-4-23(15-29(40)25-17-30(41)27(34)21-49-48-20-25)28(39)16-24(33(35)44)14-22-5-7-26(38)8-6-22;1-2-22-30-23-21-26-24(27)19-17-15-13-11-9-7-5-3-4-6-8-10-12-14-16-18-20-25(28)29;/h5-8,23-25,27,34,38H,2-4,9-21H2,1H3,(H2,35,44)(H,36,43)(H,37,42);2-23H2,1H3,(H,26,27)(H,28,29);/q-1;;+1/t23-,24-,25+,27+;;/m1../s1. The van der Waals surface area contributed by atoms with Gasteiger partial charge in [-0.05, 0) is 62.0 Å². The van der Waals surface area contributed by atoms with Crippen LogP contribution in [0.5, 0.6) is 5.75 Å². The first-order valence-electron chi connectivity index (χ1n) is 29.0. The number of ether oxygens (including phenoxy) is 4. The van der Waals surface area contributed by atoms with E-state index in [4.69, 9.17) is 35.5 Å². The SMILES string of the molecule is CCCOCCNC(=O)CCCCCCCCCCCCCCCCCCC(=O)O.COCC(=O)NCCOCCOCC(=O)NCCCC[C@H](CC(=O)[C@@H]1CSSC[C@H]([NH-])C(=O)C1)C(=O)C[C@@H](Cc1ccc(O)cc1)C(N)=O.[K+]. The molecule has 19 nitrogen and oxygen atoms in total. The summed E-state index contributed by atoms with van der Waals surface area (Å²) in [4.78, 5) is 97.3. The molecule has 1 aromatic carbocycles. The Hall–Kier alpha value is -2.48. The van der Waals surface area contributed by atoms with Crippen LogP contribution in [0.15, 0.2) is 24.3 Å². The van der Waals surface area contributed by atoms with Crippen molar-refractivity contribution in [1.82, 2.24) is 16.0 Å². The third-order valence-corrected chi connectivity index (χ3v) is 15.8. The van der Waals surface area contributed by atoms with E-state index in [0.717, 1.165) is 44.3 Å². The second kappa shape index (κ2) is 53.3. The van der Waals surface area contributed by atoms with Crippen molar-refractivity contribution in [3.8, 4) is 5.75 Å². The molecule has 80 heavy (non-hydrogen) atoms. The number of hydrogen-bond acceptors (Lipinski definition) is 15. The summed E-state index contributed by atoms with van der Waals surface area (Å²) < 4.78 is 20.7. The number of rotatable bonds is 48. The Bertz CT molecular complexity index is 1840. The van der Waals surface area contributed by atoms with Gasteiger partial charge < -0.3 is 61.4 Å². The van der Waals surface area contributed by atoms with Gasteiger partial charge in [-0.25, -0.2) is 0 Å². The molecule has 22 heteroatoms. The molecular weight excluding hydrogens is 1090 g/mol. The van der Waals surface area contributed by atoms with Crippen LogP contribution < -0.4 is 73.1 Å². The summed E-state index contributed by atoms with van der Waals surface area (Å²) in [5.41, 5.74) is 14.4. The number of amides is 4. The number of methoxy groups -OCH3 is 1. The molecule has 1 aliphatic heterocycles. The predicted octanol–water partition coefficient (Wildman–Crippen LogP) is 5.68. The number of unbranched alkanes of at least 4 members (excludes halogenated alkanes) is 16. The van der Waals surface area contributed by atoms with E-state index in [2.05, 4.69) is 22.9 Å². The maximum absolute atomic E-state index is 13.6. The van der Waals surface area contributed by atoms with Gasteiger partial charge in [0.05, 0.1) is 26.4 Å². The molecule has 0 spiro atoms. The molecule has 0 unspecified atom stereocenters. The van der Waals surface area contributed by atoms with Crippen molar-refractivity contribution in [2.75, 3.05) is 84.5 Å². The van der Waals surface area contributed by atoms with E-state index in [-0.39, 0.29) is 144 Å². The zero-order valence-electron chi connectivity index (χ0n) is 48.7. The number of carboxylic acid groups (broad SMARTS) is 1. The number of hydrogen-bond donors (Lipinski definition) is 6. The van der Waals surface area contributed by atoms with Gasteiger partial charge in [-0.1, -0.05) is 143 Å². The molecule has 0 aromatic heterocycles. The molecule has 1 aromatic rings. The summed E-state index contributed by atoms with van der Waals surface area (Å²) >= 11 is 0. The largest absolute Gasteiger partial charge is 1.00 e. The number of carbonyl (C=O) groups is 8. The first-order valence-corrected chi connectivity index (χ1v) is 31.5. The van der Waals surface area contributed by atoms with Crippen LogP contribution in [0.2, 0.25) is 0 Å². The number of benzene rings is 1. The van der Waals surface area contributed by atoms with Gasteiger partial charge in [0.2, 0.25) is 23.6 Å². The zero-order chi connectivity index (χ0) is 58.1. The minimum atomic E-state index is -0.886. The van der Waals surface area contributed by atoms with Crippen molar-refractivity contribution in [1.29, 1.82) is 0 Å². The number of carbonyl (C=O) groups excluding carboxylic acids is 7. The van der Waals surface area contributed by atoms with Gasteiger partial charge in [0.25, 0.3) is 0 Å². The van der Waals surface area contributed by atoms with Crippen LogP contribution in [0, 0.1) is 17.8 Å². The quantitative estimate of drug-likeness (QED) is 0.0260. The van der Waals surface area contributed by atoms with E-state index in [1.807, 2.05) is 0 Å². The van der Waals surface area contributed by atoms with E-state index in [9.17, 15) is 43.5 Å². The Morgan fingerprint density at radius 2 is 1.15 bits per heavy atom. The van der Waals surface area contributed by atoms with Crippen molar-refractivity contribution in [3.63, 3.8) is 0 Å². The molecule has 2 rings (SSSR count). The smallest absolute Gasteiger partial charge is 0.668 e. The fourth-order valence-corrected chi connectivity index (χ4v) is 11.1. The molecule has 0 aliphatic carbocycles. The van der Waals surface area contributed by atoms with Crippen LogP contribution in [0.3, 0.4) is 0 Å². The fraction of sp³-hybridized carbons (Fsp3) is 0.759. The fourth-order valence-electron chi connectivity index (χ4n) is 8.63. The van der Waals surface area contributed by atoms with E-state index in [0.29, 0.717) is 76.5 Å². The number of nitrogens with two attached hydrogens (primary N) is 1. The number of ketones is 3. The number of Topliss-reactive ketones (excluding diaryl/α,β-unsaturated/α-hetero) is 3. The Labute approximate surface area is 528 Å². The van der Waals surface area contributed by atoms with Gasteiger partial charge in [-0.15, -0.1) is 0 Å². The minimum absolute atomic E-state index is 0. The molecule has 0 radical (unpaired) electrons. The van der Waals surface area contributed by atoms with Crippen LogP contribution in [-0.2, 0) is 63.7 Å². The van der Waals surface area contributed by atoms with Crippen LogP contribution >= 0.6 is 21.6 Å². The van der Waals surface area contributed by atoms with E-state index < -0.39 is 35.7 Å². The number of nitrogens with one attached hydrogen (secondary N) is 4. The number of aliphatic carboxylic acids is 1. The molecule has 4 amide bonds. The average molecular weight is 1190 g/mol. The second-order valence-electron chi connectivity index (χ2n) is 20.3. The van der Waals surface area contributed by atoms with Gasteiger partial charge in [0.15, 0.2) is 0 Å². The van der Waals surface area contributed by atoms with Gasteiger partial charge in [0, 0.05) is 89.0 Å². The zero-order valence-corrected chi connectivity index (χ0v) is 53.4. The van der Waals surface area contributed by atoms with Gasteiger partial charge in [-0.2, -0.15) is 0 Å². The monoisotopic (exact) mass is 1190 g/mol. The topological polar surface area (TPSA) is 300 Å². The maximum Gasteiger partial charge on any atom is 1.00 e. The van der Waals surface area contributed by atoms with Crippen LogP contribution in [-0.4, -0.2) is 148 Å². The van der Waals surface area contributed by atoms with Crippen molar-refractivity contribution in [3.05, 3.63) is 35.6 Å². The van der Waals surface area contributed by atoms with Crippen LogP contribution in [0.4, 0.5) is 0 Å². The average Bonchev–Trinajstić information content (AvgIpc) is 3.41. The first-order chi connectivity index (χ1) is 38.2. The summed E-state index contributed by atoms with van der Waals surface area (Å²) in [7, 11) is 4.27. The minimum Gasteiger partial charge on any atom is -0.668 e. The number of aromatic hydroxyl groups is 1. The van der Waals surface area contributed by atoms with Crippen molar-refractivity contribution < 1.29 is 119 Å². The van der Waals surface area contributed by atoms with E-state index >= 15 is 0 Å². The number of phenolic OH excluding ortho intramolecular Hbond substituents is 1. The summed E-state index contributed by atoms with van der Waals surface area (Å²) in [5.74, 6) is -3.72. The normalized spacial score (nSPS) is 15.0. The van der Waals surface area contributed by atoms with Crippen molar-refractivity contribution in [2.45, 2.75) is 180 Å². The molecule has 1 heterocycles. The summed E-state index contributed by atoms with van der Waals surface area (Å²) in [5, 5.41) is 26.4. The van der Waals surface area contributed by atoms with Gasteiger partial charge in [0.1, 0.15) is 36.3 Å². The Kier molecular flexibility index (Phi) is 51.6. The van der Waals surface area contributed by atoms with Crippen molar-refractivity contribution >= 4 is 68.5 Å². The number of carboxylic acids is 1. The Morgan fingerprint density at radius 1 is 0.637 bits per heavy atom. The summed E-state index contributed by atoms with van der Waals surface area (Å²) in [6.07, 6.45) is 23.1. The third-order valence-electron chi connectivity index (χ3n) is 13.3. The summed E-state index contributed by atoms with van der Waals surface area (Å²) in [6.45, 7) is 5.34. The number of primary amides is 1. The van der Waals surface area contributed by atoms with Gasteiger partial charge in [-0.3, -0.25) is 33.6 Å². The number of phenols is 1. The van der Waals surface area contributed by atoms with Crippen LogP contribution in [0.25, 0.3) is 5.73 Å². The Morgan fingerprint density at radius 3 is 1.71 bits per heavy atom. The molecule has 452 valence electrons. The summed E-state index contributed by atoms with van der Waals surface area (Å²) in [6, 6.07) is 5.39. The van der Waals surface area contributed by atoms with Gasteiger partial charge >= 0.3 is 57.4 Å². The first kappa shape index (κ1) is 77.5. The molecule has 8 N–H and O–H groups in total.